The van der Waals surface area contributed by atoms with Crippen LogP contribution in [0.4, 0.5) is 19.1 Å². The number of likely N-dealkylation sites (tertiary alicyclic amines) is 1. The van der Waals surface area contributed by atoms with Gasteiger partial charge in [0.1, 0.15) is 12.2 Å². The molecule has 1 aromatic carbocycles. The number of anilines is 1. The average Bonchev–Trinajstić information content (AvgIpc) is 3.67. The predicted octanol–water partition coefficient (Wildman–Crippen LogP) is 4.02. The first kappa shape index (κ1) is 44.6. The molecular weight excluding hydrogens is 816 g/mol. The second kappa shape index (κ2) is 18.9. The highest BCUT2D eigenvalue weighted by Crippen LogP contribution is 2.36. The molecule has 330 valence electrons. The van der Waals surface area contributed by atoms with Crippen molar-refractivity contribution in [3.63, 3.8) is 0 Å². The van der Waals surface area contributed by atoms with Crippen LogP contribution in [-0.4, -0.2) is 129 Å². The van der Waals surface area contributed by atoms with Gasteiger partial charge in [-0.3, -0.25) is 19.6 Å². The van der Waals surface area contributed by atoms with Crippen LogP contribution in [0, 0.1) is 17.8 Å². The first-order chi connectivity index (χ1) is 29.0. The molecule has 3 aromatic rings. The van der Waals surface area contributed by atoms with Gasteiger partial charge >= 0.3 is 6.18 Å². The van der Waals surface area contributed by atoms with Crippen LogP contribution in [0.3, 0.4) is 0 Å². The zero-order valence-corrected chi connectivity index (χ0v) is 35.3. The summed E-state index contributed by atoms with van der Waals surface area (Å²) in [5, 5.41) is 19.7. The van der Waals surface area contributed by atoms with Crippen molar-refractivity contribution in [1.29, 1.82) is 0 Å². The van der Waals surface area contributed by atoms with Crippen LogP contribution in [0.25, 0.3) is 11.3 Å². The van der Waals surface area contributed by atoms with Gasteiger partial charge in [0, 0.05) is 81.8 Å². The van der Waals surface area contributed by atoms with E-state index in [0.29, 0.717) is 51.3 Å². The van der Waals surface area contributed by atoms with Gasteiger partial charge in [-0.15, -0.1) is 0 Å². The van der Waals surface area contributed by atoms with Crippen LogP contribution >= 0.6 is 0 Å². The largest absolute Gasteiger partial charge is 0.419 e. The van der Waals surface area contributed by atoms with E-state index in [-0.39, 0.29) is 66.7 Å². The smallest absolute Gasteiger partial charge is 0.389 e. The van der Waals surface area contributed by atoms with Gasteiger partial charge in [0.2, 0.25) is 17.8 Å². The SMILES string of the molecule is CC(C)(O)Cn1cc(-c2nc(NC3CCN(S(=O)(=O)N4CCC(CN5CCC(OCC#Cc6cccc(C7CCC(=O)NC7=O)c6)CC5)CC4)CC3)ncc2C(F)(F)F)cn1. The van der Waals surface area contributed by atoms with Crippen LogP contribution in [0.15, 0.2) is 42.9 Å². The average molecular weight is 870 g/mol. The molecule has 4 saturated heterocycles. The van der Waals surface area contributed by atoms with E-state index in [9.17, 15) is 36.3 Å². The fraction of sp³-hybridized carbons (Fsp3) is 0.595. The van der Waals surface area contributed by atoms with Crippen molar-refractivity contribution in [2.75, 3.05) is 57.7 Å². The van der Waals surface area contributed by atoms with E-state index in [1.807, 2.05) is 24.3 Å². The molecule has 3 N–H and O–H groups in total. The number of alkyl halides is 3. The first-order valence-corrected chi connectivity index (χ1v) is 22.4. The zero-order valence-electron chi connectivity index (χ0n) is 34.5. The van der Waals surface area contributed by atoms with E-state index in [1.165, 1.54) is 21.4 Å². The summed E-state index contributed by atoms with van der Waals surface area (Å²) in [6, 6.07) is 7.32. The molecule has 61 heavy (non-hydrogen) atoms. The Morgan fingerprint density at radius 2 is 1.67 bits per heavy atom. The number of hydrogen-bond donors (Lipinski definition) is 3. The molecule has 2 aromatic heterocycles. The molecule has 0 spiro atoms. The molecule has 0 radical (unpaired) electrons. The van der Waals surface area contributed by atoms with Crippen LogP contribution in [0.2, 0.25) is 0 Å². The second-order valence-corrected chi connectivity index (χ2v) is 19.0. The van der Waals surface area contributed by atoms with E-state index >= 15 is 0 Å². The number of halogens is 3. The number of rotatable bonds is 12. The monoisotopic (exact) mass is 869 g/mol. The van der Waals surface area contributed by atoms with Gasteiger partial charge in [-0.25, -0.2) is 9.97 Å². The van der Waals surface area contributed by atoms with E-state index in [1.54, 1.807) is 18.2 Å². The summed E-state index contributed by atoms with van der Waals surface area (Å²) in [6.07, 6.45) is 3.87. The van der Waals surface area contributed by atoms with Crippen LogP contribution in [0.1, 0.15) is 87.8 Å². The minimum atomic E-state index is -4.70. The van der Waals surface area contributed by atoms with Crippen molar-refractivity contribution in [3.8, 4) is 23.1 Å². The Labute approximate surface area is 354 Å². The number of amides is 2. The molecule has 19 heteroatoms. The number of aromatic nitrogens is 4. The molecule has 4 fully saturated rings. The van der Waals surface area contributed by atoms with Crippen molar-refractivity contribution in [3.05, 3.63) is 59.5 Å². The Morgan fingerprint density at radius 1 is 0.967 bits per heavy atom. The standard InChI is InChI=1S/C42H54F3N9O6S/c1-41(2,57)28-52-27-32(24-47-52)38-36(42(43,44)45)25-46-40(50-38)48-33-12-20-54(21-13-33)61(58,59)53-18-10-30(11-19-53)26-51-16-14-34(15-17-51)60-22-4-6-29-5-3-7-31(23-29)35-8-9-37(55)49-39(35)56/h3,5,7,23-25,27,30,33-35,57H,8-22,26,28H2,1-2H3,(H,46,48,50)(H,49,55,56). The summed E-state index contributed by atoms with van der Waals surface area (Å²) in [5.41, 5.74) is -0.676. The van der Waals surface area contributed by atoms with E-state index in [4.69, 9.17) is 4.74 Å². The molecule has 1 unspecified atom stereocenters. The van der Waals surface area contributed by atoms with Gasteiger partial charge in [-0.05, 0) is 82.4 Å². The number of nitrogens with one attached hydrogen (secondary N) is 2. The van der Waals surface area contributed by atoms with Crippen molar-refractivity contribution in [2.45, 2.75) is 102 Å². The van der Waals surface area contributed by atoms with Crippen LogP contribution in [0.5, 0.6) is 0 Å². The van der Waals surface area contributed by atoms with Crippen molar-refractivity contribution >= 4 is 28.0 Å². The number of imide groups is 1. The maximum absolute atomic E-state index is 13.9. The van der Waals surface area contributed by atoms with Crippen molar-refractivity contribution < 1.29 is 41.0 Å². The highest BCUT2D eigenvalue weighted by molar-refractivity contribution is 7.86. The summed E-state index contributed by atoms with van der Waals surface area (Å²) < 4.78 is 79.6. The number of aliphatic hydroxyl groups is 1. The third-order valence-electron chi connectivity index (χ3n) is 11.8. The lowest BCUT2D eigenvalue weighted by atomic mass is 9.90. The molecule has 6 heterocycles. The number of nitrogens with zero attached hydrogens (tertiary/aromatic N) is 7. The third-order valence-corrected chi connectivity index (χ3v) is 13.8. The Morgan fingerprint density at radius 3 is 2.34 bits per heavy atom. The minimum absolute atomic E-state index is 0.0103. The van der Waals surface area contributed by atoms with Gasteiger partial charge in [0.25, 0.3) is 10.2 Å². The second-order valence-electron chi connectivity index (χ2n) is 17.1. The van der Waals surface area contributed by atoms with Crippen molar-refractivity contribution in [1.82, 2.24) is 38.6 Å². The maximum atomic E-state index is 13.9. The predicted molar refractivity (Wildman–Crippen MR) is 220 cm³/mol. The van der Waals surface area contributed by atoms with Crippen molar-refractivity contribution in [2.24, 2.45) is 5.92 Å². The molecule has 15 nitrogen and oxygen atoms in total. The molecule has 0 saturated carbocycles. The highest BCUT2D eigenvalue weighted by atomic mass is 32.2. The van der Waals surface area contributed by atoms with E-state index in [0.717, 1.165) is 62.6 Å². The van der Waals surface area contributed by atoms with Gasteiger partial charge in [0.05, 0.1) is 36.1 Å². The summed E-state index contributed by atoms with van der Waals surface area (Å²) in [5.74, 6) is 5.79. The van der Waals surface area contributed by atoms with Gasteiger partial charge < -0.3 is 20.1 Å². The summed E-state index contributed by atoms with van der Waals surface area (Å²) in [7, 11) is -3.67. The quantitative estimate of drug-likeness (QED) is 0.177. The van der Waals surface area contributed by atoms with Gasteiger partial charge in [-0.1, -0.05) is 24.0 Å². The molecule has 4 aliphatic rings. The molecule has 0 bridgehead atoms. The highest BCUT2D eigenvalue weighted by Gasteiger charge is 2.38. The zero-order chi connectivity index (χ0) is 43.4. The summed E-state index contributed by atoms with van der Waals surface area (Å²) >= 11 is 0. The molecule has 1 atom stereocenters. The van der Waals surface area contributed by atoms with Gasteiger partial charge in [-0.2, -0.15) is 35.3 Å². The summed E-state index contributed by atoms with van der Waals surface area (Å²) in [4.78, 5) is 34.4. The van der Waals surface area contributed by atoms with Crippen LogP contribution < -0.4 is 10.6 Å². The van der Waals surface area contributed by atoms with E-state index in [2.05, 4.69) is 42.4 Å². The third kappa shape index (κ3) is 11.7. The number of carbonyl (C=O) groups is 2. The molecule has 2 amide bonds. The molecule has 0 aliphatic carbocycles. The normalized spacial score (nSPS) is 21.2. The van der Waals surface area contributed by atoms with Crippen LogP contribution in [-0.2, 0) is 37.3 Å². The molecule has 7 rings (SSSR count). The Bertz CT molecular complexity index is 2200. The fourth-order valence-corrected chi connectivity index (χ4v) is 10.2. The molecule has 4 aliphatic heterocycles. The lowest BCUT2D eigenvalue weighted by Crippen LogP contribution is -2.51. The number of ether oxygens (including phenoxy) is 1. The topological polar surface area (TPSA) is 175 Å². The number of carbonyl (C=O) groups excluding carboxylic acids is 2. The van der Waals surface area contributed by atoms with E-state index < -0.39 is 27.6 Å². The Hall–Kier alpha value is -4.45. The first-order valence-electron chi connectivity index (χ1n) is 21.0. The lowest BCUT2D eigenvalue weighted by Gasteiger charge is -2.39. The minimum Gasteiger partial charge on any atom is -0.389 e. The fourth-order valence-electron chi connectivity index (χ4n) is 8.51. The maximum Gasteiger partial charge on any atom is 0.419 e. The van der Waals surface area contributed by atoms with Gasteiger partial charge in [0.15, 0.2) is 0 Å². The Kier molecular flexibility index (Phi) is 13.8. The molecular formula is C42H54F3N9O6S. The lowest BCUT2D eigenvalue weighted by molar-refractivity contribution is -0.137. The number of piperidine rings is 4. The number of hydrogen-bond acceptors (Lipinski definition) is 11. The summed E-state index contributed by atoms with van der Waals surface area (Å²) in [6.45, 7) is 7.68. The Balaban J connectivity index is 0.819. The number of benzene rings is 1.